The van der Waals surface area contributed by atoms with Gasteiger partial charge in [-0.25, -0.2) is 4.39 Å². The Kier molecular flexibility index (Phi) is 4.85. The highest BCUT2D eigenvalue weighted by molar-refractivity contribution is 5.76. The van der Waals surface area contributed by atoms with Crippen LogP contribution in [-0.4, -0.2) is 17.6 Å². The second-order valence-corrected chi connectivity index (χ2v) is 4.56. The Bertz CT molecular complexity index is 554. The van der Waals surface area contributed by atoms with Crippen molar-refractivity contribution >= 4 is 5.97 Å². The van der Waals surface area contributed by atoms with E-state index in [1.165, 1.54) is 12.1 Å². The summed E-state index contributed by atoms with van der Waals surface area (Å²) in [4.78, 5) is 11.3. The van der Waals surface area contributed by atoms with E-state index in [-0.39, 0.29) is 5.82 Å². The molecule has 0 aliphatic heterocycles. The summed E-state index contributed by atoms with van der Waals surface area (Å²) in [6.07, 6.45) is 0. The van der Waals surface area contributed by atoms with Crippen molar-refractivity contribution < 1.29 is 14.3 Å². The first-order valence-electron chi connectivity index (χ1n) is 6.40. The van der Waals surface area contributed by atoms with Gasteiger partial charge in [0.1, 0.15) is 5.82 Å². The molecular formula is C16H16FNO2. The summed E-state index contributed by atoms with van der Waals surface area (Å²) in [6.45, 7) is 0.841. The Hall–Kier alpha value is -2.20. The molecule has 1 atom stereocenters. The Labute approximate surface area is 117 Å². The van der Waals surface area contributed by atoms with Gasteiger partial charge in [0.05, 0.1) is 5.92 Å². The van der Waals surface area contributed by atoms with Gasteiger partial charge in [0.15, 0.2) is 0 Å². The van der Waals surface area contributed by atoms with Gasteiger partial charge in [0.2, 0.25) is 0 Å². The quantitative estimate of drug-likeness (QED) is 0.851. The van der Waals surface area contributed by atoms with Crippen LogP contribution in [0.3, 0.4) is 0 Å². The van der Waals surface area contributed by atoms with Gasteiger partial charge in [-0.1, -0.05) is 42.5 Å². The third-order valence-corrected chi connectivity index (χ3v) is 3.09. The van der Waals surface area contributed by atoms with E-state index >= 15 is 0 Å². The minimum absolute atomic E-state index is 0.276. The topological polar surface area (TPSA) is 49.3 Å². The highest BCUT2D eigenvalue weighted by Crippen LogP contribution is 2.15. The van der Waals surface area contributed by atoms with Crippen LogP contribution < -0.4 is 5.32 Å². The molecule has 0 saturated carbocycles. The summed E-state index contributed by atoms with van der Waals surface area (Å²) in [5.41, 5.74) is 1.69. The molecule has 3 nitrogen and oxygen atoms in total. The van der Waals surface area contributed by atoms with Gasteiger partial charge >= 0.3 is 5.97 Å². The minimum atomic E-state index is -0.859. The van der Waals surface area contributed by atoms with Gasteiger partial charge in [-0.3, -0.25) is 4.79 Å². The molecule has 0 aromatic heterocycles. The molecule has 0 bridgehead atoms. The number of nitrogens with one attached hydrogen (secondary N) is 1. The molecule has 0 spiro atoms. The molecule has 0 saturated heterocycles. The maximum Gasteiger partial charge on any atom is 0.312 e. The lowest BCUT2D eigenvalue weighted by Gasteiger charge is -2.13. The Balaban J connectivity index is 1.93. The summed E-state index contributed by atoms with van der Waals surface area (Å²) in [7, 11) is 0. The lowest BCUT2D eigenvalue weighted by molar-refractivity contribution is -0.138. The van der Waals surface area contributed by atoms with E-state index in [4.69, 9.17) is 0 Å². The molecule has 2 N–H and O–H groups in total. The van der Waals surface area contributed by atoms with Gasteiger partial charge in [0.25, 0.3) is 0 Å². The highest BCUT2D eigenvalue weighted by Gasteiger charge is 2.18. The third-order valence-electron chi connectivity index (χ3n) is 3.09. The lowest BCUT2D eigenvalue weighted by Crippen LogP contribution is -2.26. The summed E-state index contributed by atoms with van der Waals surface area (Å²) >= 11 is 0. The normalized spacial score (nSPS) is 12.1. The molecule has 104 valence electrons. The molecule has 0 heterocycles. The maximum atomic E-state index is 12.8. The second-order valence-electron chi connectivity index (χ2n) is 4.56. The van der Waals surface area contributed by atoms with Gasteiger partial charge < -0.3 is 10.4 Å². The summed E-state index contributed by atoms with van der Waals surface area (Å²) < 4.78 is 12.8. The first-order chi connectivity index (χ1) is 9.66. The van der Waals surface area contributed by atoms with Gasteiger partial charge in [-0.2, -0.15) is 0 Å². The van der Waals surface area contributed by atoms with Crippen LogP contribution in [0.15, 0.2) is 54.6 Å². The lowest BCUT2D eigenvalue weighted by atomic mass is 9.99. The van der Waals surface area contributed by atoms with Crippen LogP contribution in [0.5, 0.6) is 0 Å². The Morgan fingerprint density at radius 3 is 2.35 bits per heavy atom. The highest BCUT2D eigenvalue weighted by atomic mass is 19.1. The molecule has 0 radical (unpaired) electrons. The van der Waals surface area contributed by atoms with Crippen molar-refractivity contribution in [2.24, 2.45) is 0 Å². The van der Waals surface area contributed by atoms with Crippen LogP contribution in [-0.2, 0) is 11.3 Å². The number of rotatable bonds is 6. The summed E-state index contributed by atoms with van der Waals surface area (Å²) in [5, 5.41) is 12.4. The zero-order valence-corrected chi connectivity index (χ0v) is 10.9. The molecule has 0 fully saturated rings. The molecule has 0 aliphatic rings. The van der Waals surface area contributed by atoms with Gasteiger partial charge in [0, 0.05) is 13.1 Å². The van der Waals surface area contributed by atoms with E-state index in [1.54, 1.807) is 24.3 Å². The maximum absolute atomic E-state index is 12.8. The van der Waals surface area contributed by atoms with Crippen LogP contribution >= 0.6 is 0 Å². The first-order valence-corrected chi connectivity index (χ1v) is 6.40. The van der Waals surface area contributed by atoms with E-state index in [9.17, 15) is 14.3 Å². The molecular weight excluding hydrogens is 257 g/mol. The van der Waals surface area contributed by atoms with E-state index in [0.717, 1.165) is 11.1 Å². The average Bonchev–Trinajstić information content (AvgIpc) is 2.46. The van der Waals surface area contributed by atoms with Crippen molar-refractivity contribution in [1.82, 2.24) is 5.32 Å². The molecule has 20 heavy (non-hydrogen) atoms. The van der Waals surface area contributed by atoms with E-state index in [0.29, 0.717) is 13.1 Å². The summed E-state index contributed by atoms with van der Waals surface area (Å²) in [5.74, 6) is -1.72. The molecule has 2 rings (SSSR count). The second kappa shape index (κ2) is 6.82. The van der Waals surface area contributed by atoms with Crippen molar-refractivity contribution in [2.45, 2.75) is 12.5 Å². The van der Waals surface area contributed by atoms with Crippen molar-refractivity contribution in [3.63, 3.8) is 0 Å². The SMILES string of the molecule is O=C(O)C(CNCc1ccc(F)cc1)c1ccccc1. The standard InChI is InChI=1S/C16H16FNO2/c17-14-8-6-12(7-9-14)10-18-11-15(16(19)20)13-4-2-1-3-5-13/h1-9,15,18H,10-11H2,(H,19,20). The number of carboxylic acid groups (broad SMARTS) is 1. The number of halogens is 1. The largest absolute Gasteiger partial charge is 0.481 e. The third kappa shape index (κ3) is 3.90. The number of benzene rings is 2. The molecule has 0 aliphatic carbocycles. The van der Waals surface area contributed by atoms with Crippen LogP contribution in [0.4, 0.5) is 4.39 Å². The number of hydrogen-bond acceptors (Lipinski definition) is 2. The van der Waals surface area contributed by atoms with Crippen LogP contribution in [0, 0.1) is 5.82 Å². The van der Waals surface area contributed by atoms with Gasteiger partial charge in [-0.05, 0) is 23.3 Å². The monoisotopic (exact) mass is 273 g/mol. The Morgan fingerprint density at radius 2 is 1.75 bits per heavy atom. The molecule has 2 aromatic carbocycles. The van der Waals surface area contributed by atoms with Crippen molar-refractivity contribution in [3.8, 4) is 0 Å². The zero-order valence-electron chi connectivity index (χ0n) is 10.9. The molecule has 4 heteroatoms. The minimum Gasteiger partial charge on any atom is -0.481 e. The molecule has 2 aromatic rings. The predicted octanol–water partition coefficient (Wildman–Crippen LogP) is 2.78. The first kappa shape index (κ1) is 14.2. The van der Waals surface area contributed by atoms with Crippen molar-refractivity contribution in [3.05, 3.63) is 71.5 Å². The fourth-order valence-corrected chi connectivity index (χ4v) is 2.00. The summed E-state index contributed by atoms with van der Waals surface area (Å²) in [6, 6.07) is 15.3. The van der Waals surface area contributed by atoms with E-state index in [1.807, 2.05) is 18.2 Å². The van der Waals surface area contributed by atoms with Crippen LogP contribution in [0.25, 0.3) is 0 Å². The number of carbonyl (C=O) groups is 1. The van der Waals surface area contributed by atoms with Gasteiger partial charge in [-0.15, -0.1) is 0 Å². The zero-order chi connectivity index (χ0) is 14.4. The van der Waals surface area contributed by atoms with Crippen LogP contribution in [0.1, 0.15) is 17.0 Å². The Morgan fingerprint density at radius 1 is 1.10 bits per heavy atom. The van der Waals surface area contributed by atoms with Crippen molar-refractivity contribution in [1.29, 1.82) is 0 Å². The number of aliphatic carboxylic acids is 1. The van der Waals surface area contributed by atoms with E-state index < -0.39 is 11.9 Å². The number of hydrogen-bond donors (Lipinski definition) is 2. The van der Waals surface area contributed by atoms with Crippen LogP contribution in [0.2, 0.25) is 0 Å². The average molecular weight is 273 g/mol. The van der Waals surface area contributed by atoms with Crippen molar-refractivity contribution in [2.75, 3.05) is 6.54 Å². The smallest absolute Gasteiger partial charge is 0.312 e. The predicted molar refractivity (Wildman–Crippen MR) is 74.9 cm³/mol. The fraction of sp³-hybridized carbons (Fsp3) is 0.188. The fourth-order valence-electron chi connectivity index (χ4n) is 2.00. The molecule has 0 amide bonds. The van der Waals surface area contributed by atoms with E-state index in [2.05, 4.69) is 5.32 Å². The number of carboxylic acids is 1. The molecule has 1 unspecified atom stereocenters.